The van der Waals surface area contributed by atoms with Crippen molar-refractivity contribution in [1.29, 1.82) is 0 Å². The molecule has 1 fully saturated rings. The number of aromatic nitrogens is 2. The summed E-state index contributed by atoms with van der Waals surface area (Å²) in [6.45, 7) is 5.31. The first-order chi connectivity index (χ1) is 13.3. The Balaban J connectivity index is 2.00. The van der Waals surface area contributed by atoms with Gasteiger partial charge in [-0.15, -0.1) is 0 Å². The number of aliphatic hydroxyl groups is 1. The van der Waals surface area contributed by atoms with E-state index in [-0.39, 0.29) is 5.56 Å². The molecule has 9 nitrogen and oxygen atoms in total. The number of rotatable bonds is 6. The summed E-state index contributed by atoms with van der Waals surface area (Å²) in [7, 11) is 0. The third-order valence-electron chi connectivity index (χ3n) is 5.09. The summed E-state index contributed by atoms with van der Waals surface area (Å²) in [5, 5.41) is 11.3. The van der Waals surface area contributed by atoms with Gasteiger partial charge in [0.05, 0.1) is 6.10 Å². The Morgan fingerprint density at radius 2 is 2.21 bits per heavy atom. The second kappa shape index (κ2) is 8.02. The predicted octanol–water partition coefficient (Wildman–Crippen LogP) is 0.550. The molecule has 5 atom stereocenters. The Bertz CT molecular complexity index is 874. The van der Waals surface area contributed by atoms with E-state index in [1.807, 2.05) is 6.92 Å². The molecule has 1 aromatic rings. The highest BCUT2D eigenvalue weighted by atomic mass is 16.6. The number of nitrogens with one attached hydrogen (secondary N) is 1. The summed E-state index contributed by atoms with van der Waals surface area (Å²) in [6, 6.07) is 0. The van der Waals surface area contributed by atoms with Crippen LogP contribution in [0.5, 0.6) is 0 Å². The minimum absolute atomic E-state index is 0.290. The molecule has 0 aromatic carbocycles. The predicted molar refractivity (Wildman–Crippen MR) is 98.9 cm³/mol. The lowest BCUT2D eigenvalue weighted by Crippen LogP contribution is -2.54. The normalized spacial score (nSPS) is 31.6. The Hall–Kier alpha value is -2.23. The highest BCUT2D eigenvalue weighted by Gasteiger charge is 2.61. The van der Waals surface area contributed by atoms with Crippen LogP contribution in [-0.4, -0.2) is 51.1 Å². The number of nitrogens with zero attached hydrogens (tertiary/aromatic N) is 1. The molecule has 1 saturated heterocycles. The lowest BCUT2D eigenvalue weighted by Gasteiger charge is -2.36. The Kier molecular flexibility index (Phi) is 5.87. The summed E-state index contributed by atoms with van der Waals surface area (Å²) in [5.41, 5.74) is -2.60. The molecule has 0 spiro atoms. The van der Waals surface area contributed by atoms with Crippen molar-refractivity contribution in [3.05, 3.63) is 44.8 Å². The Labute approximate surface area is 161 Å². The van der Waals surface area contributed by atoms with Crippen molar-refractivity contribution in [3.8, 4) is 0 Å². The summed E-state index contributed by atoms with van der Waals surface area (Å²) in [5.74, 6) is -0.621. The van der Waals surface area contributed by atoms with Gasteiger partial charge in [-0.3, -0.25) is 19.1 Å². The van der Waals surface area contributed by atoms with E-state index in [9.17, 15) is 19.5 Å². The minimum Gasteiger partial charge on any atom is -0.454 e. The SMILES string of the molecule is CCCCO[C@@H]1CC=C[C@]2(O)[C@@H](OC(C)=O)[C@H](n3cc(C)c(=O)[nH]c3=O)O[C@@H]12. The van der Waals surface area contributed by atoms with Gasteiger partial charge in [-0.05, 0) is 19.8 Å². The lowest BCUT2D eigenvalue weighted by atomic mass is 9.83. The number of H-pyrrole nitrogens is 1. The monoisotopic (exact) mass is 394 g/mol. The molecule has 154 valence electrons. The molecule has 2 heterocycles. The van der Waals surface area contributed by atoms with Gasteiger partial charge < -0.3 is 19.3 Å². The third kappa shape index (κ3) is 3.69. The maximum absolute atomic E-state index is 12.4. The topological polar surface area (TPSA) is 120 Å². The number of carbonyl (C=O) groups excluding carboxylic acids is 1. The molecule has 1 aliphatic carbocycles. The van der Waals surface area contributed by atoms with Crippen LogP contribution in [0.4, 0.5) is 0 Å². The molecule has 0 amide bonds. The highest BCUT2D eigenvalue weighted by Crippen LogP contribution is 2.44. The molecular weight excluding hydrogens is 368 g/mol. The maximum atomic E-state index is 12.4. The molecule has 3 rings (SSSR count). The van der Waals surface area contributed by atoms with Crippen LogP contribution >= 0.6 is 0 Å². The van der Waals surface area contributed by atoms with Crippen molar-refractivity contribution in [1.82, 2.24) is 9.55 Å². The number of hydrogen-bond acceptors (Lipinski definition) is 7. The van der Waals surface area contributed by atoms with Crippen molar-refractivity contribution in [3.63, 3.8) is 0 Å². The first-order valence-corrected chi connectivity index (χ1v) is 9.44. The van der Waals surface area contributed by atoms with Crippen molar-refractivity contribution < 1.29 is 24.1 Å². The van der Waals surface area contributed by atoms with E-state index in [1.54, 1.807) is 13.0 Å². The number of hydrogen-bond donors (Lipinski definition) is 2. The Morgan fingerprint density at radius 1 is 1.46 bits per heavy atom. The number of carbonyl (C=O) groups is 1. The molecule has 0 saturated carbocycles. The summed E-state index contributed by atoms with van der Waals surface area (Å²) in [6.07, 6.45) is 3.41. The van der Waals surface area contributed by atoms with Gasteiger partial charge >= 0.3 is 11.7 Å². The molecule has 2 N–H and O–H groups in total. The standard InChI is InChI=1S/C19H26N2O7/c1-4-5-9-26-13-7-6-8-19(25)14(13)28-17(15(19)27-12(3)22)21-10-11(2)16(23)20-18(21)24/h6,8,10,13-15,17,25H,4-5,7,9H2,1-3H3,(H,20,23,24)/t13-,14+,15+,17-,19-/m1/s1. The van der Waals surface area contributed by atoms with Gasteiger partial charge in [0.15, 0.2) is 17.9 Å². The van der Waals surface area contributed by atoms with E-state index in [4.69, 9.17) is 14.2 Å². The van der Waals surface area contributed by atoms with Crippen LogP contribution in [0.25, 0.3) is 0 Å². The first-order valence-electron chi connectivity index (χ1n) is 9.44. The van der Waals surface area contributed by atoms with E-state index < -0.39 is 47.4 Å². The minimum atomic E-state index is -1.66. The first kappa shape index (κ1) is 20.5. The van der Waals surface area contributed by atoms with Crippen molar-refractivity contribution >= 4 is 5.97 Å². The lowest BCUT2D eigenvalue weighted by molar-refractivity contribution is -0.160. The molecule has 0 radical (unpaired) electrons. The molecule has 1 aliphatic heterocycles. The van der Waals surface area contributed by atoms with Crippen molar-refractivity contribution in [2.75, 3.05) is 6.61 Å². The number of aryl methyl sites for hydroxylation is 1. The highest BCUT2D eigenvalue weighted by molar-refractivity contribution is 5.66. The third-order valence-corrected chi connectivity index (χ3v) is 5.09. The van der Waals surface area contributed by atoms with E-state index in [1.165, 1.54) is 19.2 Å². The van der Waals surface area contributed by atoms with Gasteiger partial charge in [-0.1, -0.05) is 25.5 Å². The molecule has 2 aliphatic rings. The van der Waals surface area contributed by atoms with Crippen LogP contribution in [0.15, 0.2) is 27.9 Å². The zero-order valence-electron chi connectivity index (χ0n) is 16.2. The molecule has 0 bridgehead atoms. The summed E-state index contributed by atoms with van der Waals surface area (Å²) in [4.78, 5) is 38.0. The van der Waals surface area contributed by atoms with Crippen molar-refractivity contribution in [2.24, 2.45) is 0 Å². The molecule has 0 unspecified atom stereocenters. The quantitative estimate of drug-likeness (QED) is 0.411. The van der Waals surface area contributed by atoms with E-state index in [2.05, 4.69) is 4.98 Å². The summed E-state index contributed by atoms with van der Waals surface area (Å²) >= 11 is 0. The van der Waals surface area contributed by atoms with Gasteiger partial charge in [0.1, 0.15) is 6.10 Å². The average Bonchev–Trinajstić information content (AvgIpc) is 2.91. The van der Waals surface area contributed by atoms with Gasteiger partial charge in [-0.25, -0.2) is 4.79 Å². The molecular formula is C19H26N2O7. The van der Waals surface area contributed by atoms with Gasteiger partial charge in [0.2, 0.25) is 0 Å². The van der Waals surface area contributed by atoms with Crippen LogP contribution in [0.1, 0.15) is 44.9 Å². The fraction of sp³-hybridized carbons (Fsp3) is 0.632. The van der Waals surface area contributed by atoms with Gasteiger partial charge in [0.25, 0.3) is 5.56 Å². The van der Waals surface area contributed by atoms with Gasteiger partial charge in [-0.2, -0.15) is 0 Å². The molecule has 1 aromatic heterocycles. The van der Waals surface area contributed by atoms with Crippen LogP contribution in [-0.2, 0) is 19.0 Å². The largest absolute Gasteiger partial charge is 0.454 e. The number of esters is 1. The van der Waals surface area contributed by atoms with Crippen LogP contribution in [0.3, 0.4) is 0 Å². The second-order valence-corrected chi connectivity index (χ2v) is 7.24. The zero-order valence-corrected chi connectivity index (χ0v) is 16.2. The smallest absolute Gasteiger partial charge is 0.330 e. The maximum Gasteiger partial charge on any atom is 0.330 e. The van der Waals surface area contributed by atoms with E-state index in [0.29, 0.717) is 13.0 Å². The van der Waals surface area contributed by atoms with E-state index >= 15 is 0 Å². The molecule has 9 heteroatoms. The fourth-order valence-electron chi connectivity index (χ4n) is 3.66. The number of aromatic amines is 1. The number of ether oxygens (including phenoxy) is 3. The second-order valence-electron chi connectivity index (χ2n) is 7.24. The zero-order chi connectivity index (χ0) is 20.5. The Morgan fingerprint density at radius 3 is 2.89 bits per heavy atom. The average molecular weight is 394 g/mol. The van der Waals surface area contributed by atoms with Gasteiger partial charge in [0, 0.05) is 25.3 Å². The fourth-order valence-corrected chi connectivity index (χ4v) is 3.66. The molecule has 28 heavy (non-hydrogen) atoms. The van der Waals surface area contributed by atoms with Crippen LogP contribution in [0.2, 0.25) is 0 Å². The van der Waals surface area contributed by atoms with Crippen molar-refractivity contribution in [2.45, 2.75) is 70.2 Å². The van der Waals surface area contributed by atoms with Crippen LogP contribution < -0.4 is 11.2 Å². The summed E-state index contributed by atoms with van der Waals surface area (Å²) < 4.78 is 18.4. The van der Waals surface area contributed by atoms with Crippen LogP contribution in [0, 0.1) is 6.92 Å². The number of fused-ring (bicyclic) bond motifs is 1. The number of unbranched alkanes of at least 4 members (excludes halogenated alkanes) is 1. The van der Waals surface area contributed by atoms with E-state index in [0.717, 1.165) is 17.4 Å².